The van der Waals surface area contributed by atoms with Gasteiger partial charge in [-0.25, -0.2) is 4.79 Å². The molecule has 1 heterocycles. The summed E-state index contributed by atoms with van der Waals surface area (Å²) in [6.07, 6.45) is 3.15. The van der Waals surface area contributed by atoms with Crippen LogP contribution in [0.2, 0.25) is 0 Å². The molecular weight excluding hydrogens is 350 g/mol. The number of benzene rings is 2. The van der Waals surface area contributed by atoms with Crippen LogP contribution >= 0.6 is 0 Å². The number of nitro benzene ring substituents is 1. The lowest BCUT2D eigenvalue weighted by Gasteiger charge is -2.10. The highest BCUT2D eigenvalue weighted by molar-refractivity contribution is 6.05. The zero-order valence-electron chi connectivity index (χ0n) is 15.0. The Morgan fingerprint density at radius 1 is 1.11 bits per heavy atom. The number of hydrogen-bond acceptors (Lipinski definition) is 6. The summed E-state index contributed by atoms with van der Waals surface area (Å²) in [4.78, 5) is 22.8. The number of esters is 1. The summed E-state index contributed by atoms with van der Waals surface area (Å²) in [5, 5.41) is 11.0. The van der Waals surface area contributed by atoms with Gasteiger partial charge in [-0.1, -0.05) is 6.07 Å². The minimum atomic E-state index is -0.541. The number of non-ortho nitro benzene ring substituents is 1. The zero-order valence-corrected chi connectivity index (χ0v) is 15.0. The highest BCUT2D eigenvalue weighted by Gasteiger charge is 2.25. The van der Waals surface area contributed by atoms with Gasteiger partial charge in [0.25, 0.3) is 5.69 Å². The van der Waals surface area contributed by atoms with Crippen molar-refractivity contribution in [2.75, 3.05) is 14.2 Å². The van der Waals surface area contributed by atoms with Gasteiger partial charge in [0.05, 0.1) is 30.3 Å². The van der Waals surface area contributed by atoms with Gasteiger partial charge < -0.3 is 14.2 Å². The van der Waals surface area contributed by atoms with E-state index in [4.69, 9.17) is 14.2 Å². The fourth-order valence-corrected chi connectivity index (χ4v) is 2.69. The van der Waals surface area contributed by atoms with E-state index in [9.17, 15) is 14.9 Å². The van der Waals surface area contributed by atoms with Gasteiger partial charge in [-0.2, -0.15) is 0 Å². The van der Waals surface area contributed by atoms with Crippen LogP contribution in [0, 0.1) is 17.0 Å². The van der Waals surface area contributed by atoms with E-state index in [0.29, 0.717) is 34.0 Å². The Morgan fingerprint density at radius 2 is 1.89 bits per heavy atom. The maximum atomic E-state index is 12.3. The van der Waals surface area contributed by atoms with Crippen LogP contribution < -0.4 is 9.47 Å². The molecule has 2 aromatic rings. The lowest BCUT2D eigenvalue weighted by molar-refractivity contribution is -0.384. The molecule has 7 heteroatoms. The van der Waals surface area contributed by atoms with E-state index >= 15 is 0 Å². The second-order valence-electron chi connectivity index (χ2n) is 5.86. The molecule has 1 aliphatic rings. The first-order valence-corrected chi connectivity index (χ1v) is 8.06. The molecule has 138 valence electrons. The van der Waals surface area contributed by atoms with Gasteiger partial charge in [0.1, 0.15) is 17.3 Å². The number of methoxy groups -OCH3 is 2. The van der Waals surface area contributed by atoms with Crippen LogP contribution in [0.5, 0.6) is 11.5 Å². The van der Waals surface area contributed by atoms with E-state index < -0.39 is 10.9 Å². The Morgan fingerprint density at radius 3 is 2.56 bits per heavy atom. The van der Waals surface area contributed by atoms with Gasteiger partial charge in [-0.15, -0.1) is 0 Å². The number of hydrogen-bond donors (Lipinski definition) is 0. The van der Waals surface area contributed by atoms with Crippen LogP contribution in [-0.2, 0) is 9.53 Å². The molecule has 0 spiro atoms. The molecule has 0 N–H and O–H groups in total. The molecule has 1 aliphatic heterocycles. The Balaban J connectivity index is 2.04. The maximum absolute atomic E-state index is 12.3. The van der Waals surface area contributed by atoms with Gasteiger partial charge in [-0.05, 0) is 48.4 Å². The predicted octanol–water partition coefficient (Wildman–Crippen LogP) is 3.90. The molecule has 0 amide bonds. The summed E-state index contributed by atoms with van der Waals surface area (Å²) in [5.74, 6) is 0.906. The Labute approximate surface area is 155 Å². The molecule has 0 atom stereocenters. The number of ether oxygens (including phenoxy) is 3. The molecule has 0 bridgehead atoms. The topological polar surface area (TPSA) is 87.9 Å². The van der Waals surface area contributed by atoms with Crippen molar-refractivity contribution in [1.29, 1.82) is 0 Å². The molecule has 0 aliphatic carbocycles. The lowest BCUT2D eigenvalue weighted by atomic mass is 10.0. The van der Waals surface area contributed by atoms with Crippen molar-refractivity contribution in [2.45, 2.75) is 6.92 Å². The molecule has 7 nitrogen and oxygen atoms in total. The van der Waals surface area contributed by atoms with Crippen molar-refractivity contribution < 1.29 is 23.9 Å². The van der Waals surface area contributed by atoms with E-state index in [0.717, 1.165) is 5.56 Å². The van der Waals surface area contributed by atoms with Crippen molar-refractivity contribution in [3.8, 4) is 11.5 Å². The second kappa shape index (κ2) is 7.33. The average Bonchev–Trinajstić information content (AvgIpc) is 3.03. The lowest BCUT2D eigenvalue weighted by Crippen LogP contribution is -1.99. The summed E-state index contributed by atoms with van der Waals surface area (Å²) in [7, 11) is 3.06. The number of nitrogens with zero attached hydrogens (tertiary/aromatic N) is 1. The normalized spacial score (nSPS) is 14.7. The van der Waals surface area contributed by atoms with Crippen LogP contribution in [0.4, 0.5) is 5.69 Å². The number of cyclic esters (lactones) is 1. The fraction of sp³-hybridized carbons (Fsp3) is 0.150. The van der Waals surface area contributed by atoms with Crippen molar-refractivity contribution in [3.63, 3.8) is 0 Å². The molecule has 0 aromatic heterocycles. The molecule has 0 saturated carbocycles. The van der Waals surface area contributed by atoms with E-state index in [1.54, 1.807) is 36.4 Å². The monoisotopic (exact) mass is 367 g/mol. The maximum Gasteiger partial charge on any atom is 0.343 e. The van der Waals surface area contributed by atoms with E-state index in [1.807, 2.05) is 6.92 Å². The Bertz CT molecular complexity index is 990. The highest BCUT2D eigenvalue weighted by atomic mass is 16.6. The molecule has 2 aromatic carbocycles. The van der Waals surface area contributed by atoms with Crippen LogP contribution in [0.25, 0.3) is 11.8 Å². The number of rotatable bonds is 5. The molecular formula is C20H17NO6. The number of aryl methyl sites for hydroxylation is 1. The summed E-state index contributed by atoms with van der Waals surface area (Å²) < 4.78 is 15.9. The third-order valence-corrected chi connectivity index (χ3v) is 4.18. The molecule has 0 radical (unpaired) electrons. The quantitative estimate of drug-likeness (QED) is 0.345. The van der Waals surface area contributed by atoms with Gasteiger partial charge in [-0.3, -0.25) is 10.1 Å². The summed E-state index contributed by atoms with van der Waals surface area (Å²) >= 11 is 0. The third-order valence-electron chi connectivity index (χ3n) is 4.18. The van der Waals surface area contributed by atoms with Gasteiger partial charge >= 0.3 is 5.97 Å². The third kappa shape index (κ3) is 3.67. The molecule has 3 rings (SSSR count). The van der Waals surface area contributed by atoms with Gasteiger partial charge in [0, 0.05) is 12.1 Å². The van der Waals surface area contributed by atoms with Crippen LogP contribution in [-0.4, -0.2) is 25.1 Å². The Hall–Kier alpha value is -3.61. The largest absolute Gasteiger partial charge is 0.497 e. The number of carbonyl (C=O) groups excluding carboxylic acids is 1. The van der Waals surface area contributed by atoms with Crippen LogP contribution in [0.1, 0.15) is 16.7 Å². The smallest absolute Gasteiger partial charge is 0.343 e. The first-order valence-electron chi connectivity index (χ1n) is 8.06. The van der Waals surface area contributed by atoms with Gasteiger partial charge in [0.2, 0.25) is 0 Å². The SMILES string of the molecule is COc1ccc(OC)c(C2=C/C(=C\c3cc([N+](=O)[O-])ccc3C)C(=O)O2)c1. The predicted molar refractivity (Wildman–Crippen MR) is 99.4 cm³/mol. The van der Waals surface area contributed by atoms with E-state index in [2.05, 4.69) is 0 Å². The second-order valence-corrected chi connectivity index (χ2v) is 5.86. The van der Waals surface area contributed by atoms with E-state index in [-0.39, 0.29) is 5.69 Å². The molecule has 27 heavy (non-hydrogen) atoms. The van der Waals surface area contributed by atoms with Crippen molar-refractivity contribution in [2.24, 2.45) is 0 Å². The molecule has 0 unspecified atom stereocenters. The fourth-order valence-electron chi connectivity index (χ4n) is 2.69. The Kier molecular flexibility index (Phi) is 4.94. The minimum absolute atomic E-state index is 0.0440. The minimum Gasteiger partial charge on any atom is -0.497 e. The van der Waals surface area contributed by atoms with Gasteiger partial charge in [0.15, 0.2) is 0 Å². The zero-order chi connectivity index (χ0) is 19.6. The first-order chi connectivity index (χ1) is 12.9. The number of carbonyl (C=O) groups is 1. The van der Waals surface area contributed by atoms with E-state index in [1.165, 1.54) is 26.4 Å². The van der Waals surface area contributed by atoms with Crippen molar-refractivity contribution in [3.05, 3.63) is 74.9 Å². The first kappa shape index (κ1) is 18.2. The van der Waals surface area contributed by atoms with Crippen molar-refractivity contribution >= 4 is 23.5 Å². The highest BCUT2D eigenvalue weighted by Crippen LogP contribution is 2.35. The summed E-state index contributed by atoms with van der Waals surface area (Å²) in [5.41, 5.74) is 2.20. The standard InChI is InChI=1S/C20H17NO6/c1-12-4-5-15(21(23)24)9-13(12)8-14-10-19(27-20(14)22)17-11-16(25-2)6-7-18(17)26-3/h4-11H,1-3H3/b14-8+. The summed E-state index contributed by atoms with van der Waals surface area (Å²) in [6, 6.07) is 9.65. The summed E-state index contributed by atoms with van der Waals surface area (Å²) in [6.45, 7) is 1.81. The number of nitro groups is 1. The van der Waals surface area contributed by atoms with Crippen LogP contribution in [0.3, 0.4) is 0 Å². The molecule has 0 saturated heterocycles. The average molecular weight is 367 g/mol. The van der Waals surface area contributed by atoms with Crippen LogP contribution in [0.15, 0.2) is 48.0 Å². The molecule has 0 fully saturated rings. The van der Waals surface area contributed by atoms with Crippen molar-refractivity contribution in [1.82, 2.24) is 0 Å².